The average molecular weight is 300 g/mol. The second kappa shape index (κ2) is 8.55. The third-order valence-electron chi connectivity index (χ3n) is 2.06. The van der Waals surface area contributed by atoms with E-state index in [0.29, 0.717) is 9.65 Å². The molecule has 0 unspecified atom stereocenters. The molecule has 2 heteroatoms. The van der Waals surface area contributed by atoms with Crippen LogP contribution in [0.25, 0.3) is 0 Å². The predicted molar refractivity (Wildman–Crippen MR) is 64.5 cm³/mol. The van der Waals surface area contributed by atoms with Gasteiger partial charge in [0.15, 0.2) is 0 Å². The molecular formula is C10H20Br2. The van der Waals surface area contributed by atoms with Gasteiger partial charge in [0.25, 0.3) is 0 Å². The van der Waals surface area contributed by atoms with E-state index in [1.54, 1.807) is 0 Å². The van der Waals surface area contributed by atoms with Gasteiger partial charge in [0.2, 0.25) is 0 Å². The first-order valence-corrected chi connectivity index (χ1v) is 6.83. The minimum atomic E-state index is 0.670. The second-order valence-corrected chi connectivity index (χ2v) is 5.67. The standard InChI is InChI=1S/C10H20Br2/c1-3-5-7-9(11)10(12)8-6-4-2/h9-10H,3-8H2,1-2H3/t9-,10+. The summed E-state index contributed by atoms with van der Waals surface area (Å²) in [5, 5.41) is 0. The zero-order valence-corrected chi connectivity index (χ0v) is 11.3. The smallest absolute Gasteiger partial charge is 0.0271 e. The van der Waals surface area contributed by atoms with Gasteiger partial charge in [-0.25, -0.2) is 0 Å². The molecule has 12 heavy (non-hydrogen) atoms. The van der Waals surface area contributed by atoms with Gasteiger partial charge in [-0.3, -0.25) is 0 Å². The Morgan fingerprint density at radius 3 is 1.42 bits per heavy atom. The summed E-state index contributed by atoms with van der Waals surface area (Å²) in [5.41, 5.74) is 0. The van der Waals surface area contributed by atoms with Crippen molar-refractivity contribution in [3.63, 3.8) is 0 Å². The van der Waals surface area contributed by atoms with Gasteiger partial charge >= 0.3 is 0 Å². The number of hydrogen-bond donors (Lipinski definition) is 0. The second-order valence-electron chi connectivity index (χ2n) is 3.32. The van der Waals surface area contributed by atoms with Gasteiger partial charge in [0.1, 0.15) is 0 Å². The molecule has 0 rings (SSSR count). The molecule has 2 atom stereocenters. The summed E-state index contributed by atoms with van der Waals surface area (Å²) in [4.78, 5) is 1.34. The van der Waals surface area contributed by atoms with E-state index in [1.165, 1.54) is 38.5 Å². The highest BCUT2D eigenvalue weighted by molar-refractivity contribution is 9.12. The van der Waals surface area contributed by atoms with E-state index in [2.05, 4.69) is 45.7 Å². The maximum absolute atomic E-state index is 3.73. The topological polar surface area (TPSA) is 0 Å². The van der Waals surface area contributed by atoms with Gasteiger partial charge in [-0.15, -0.1) is 0 Å². The van der Waals surface area contributed by atoms with Crippen molar-refractivity contribution in [2.24, 2.45) is 0 Å². The zero-order chi connectivity index (χ0) is 9.40. The lowest BCUT2D eigenvalue weighted by molar-refractivity contribution is 0.621. The van der Waals surface area contributed by atoms with Crippen molar-refractivity contribution in [1.82, 2.24) is 0 Å². The van der Waals surface area contributed by atoms with Crippen LogP contribution in [0.5, 0.6) is 0 Å². The van der Waals surface area contributed by atoms with E-state index >= 15 is 0 Å². The lowest BCUT2D eigenvalue weighted by Crippen LogP contribution is -2.13. The van der Waals surface area contributed by atoms with Crippen LogP contribution < -0.4 is 0 Å². The van der Waals surface area contributed by atoms with Crippen molar-refractivity contribution in [2.45, 2.75) is 62.0 Å². The quantitative estimate of drug-likeness (QED) is 0.587. The van der Waals surface area contributed by atoms with E-state index in [0.717, 1.165) is 0 Å². The van der Waals surface area contributed by atoms with Crippen molar-refractivity contribution < 1.29 is 0 Å². The molecule has 0 aromatic heterocycles. The van der Waals surface area contributed by atoms with Crippen LogP contribution in [0.1, 0.15) is 52.4 Å². The molecule has 0 saturated heterocycles. The van der Waals surface area contributed by atoms with Crippen molar-refractivity contribution in [3.8, 4) is 0 Å². The molecule has 0 aromatic carbocycles. The van der Waals surface area contributed by atoms with Gasteiger partial charge in [0, 0.05) is 9.65 Å². The van der Waals surface area contributed by atoms with Crippen LogP contribution in [-0.2, 0) is 0 Å². The molecule has 0 amide bonds. The highest BCUT2D eigenvalue weighted by Gasteiger charge is 2.13. The number of rotatable bonds is 7. The van der Waals surface area contributed by atoms with Crippen LogP contribution >= 0.6 is 31.9 Å². The molecule has 0 nitrogen and oxygen atoms in total. The van der Waals surface area contributed by atoms with Crippen LogP contribution in [0.15, 0.2) is 0 Å². The van der Waals surface area contributed by atoms with Gasteiger partial charge in [-0.1, -0.05) is 71.4 Å². The summed E-state index contributed by atoms with van der Waals surface area (Å²) >= 11 is 7.46. The first kappa shape index (κ1) is 13.0. The van der Waals surface area contributed by atoms with Crippen molar-refractivity contribution in [3.05, 3.63) is 0 Å². The molecule has 0 aliphatic rings. The fraction of sp³-hybridized carbons (Fsp3) is 1.00. The molecule has 0 radical (unpaired) electrons. The van der Waals surface area contributed by atoms with Gasteiger partial charge < -0.3 is 0 Å². The molecule has 0 aromatic rings. The fourth-order valence-electron chi connectivity index (χ4n) is 1.16. The highest BCUT2D eigenvalue weighted by Crippen LogP contribution is 2.24. The summed E-state index contributed by atoms with van der Waals surface area (Å²) in [5.74, 6) is 0. The highest BCUT2D eigenvalue weighted by atomic mass is 79.9. The van der Waals surface area contributed by atoms with Crippen molar-refractivity contribution in [1.29, 1.82) is 0 Å². The maximum Gasteiger partial charge on any atom is 0.0271 e. The first-order valence-electron chi connectivity index (χ1n) is 5.00. The minimum absolute atomic E-state index is 0.670. The minimum Gasteiger partial charge on any atom is -0.0879 e. The Bertz CT molecular complexity index is 81.8. The lowest BCUT2D eigenvalue weighted by Gasteiger charge is -2.15. The first-order chi connectivity index (χ1) is 5.72. The van der Waals surface area contributed by atoms with Crippen molar-refractivity contribution >= 4 is 31.9 Å². The van der Waals surface area contributed by atoms with E-state index in [9.17, 15) is 0 Å². The molecular weight excluding hydrogens is 280 g/mol. The van der Waals surface area contributed by atoms with E-state index < -0.39 is 0 Å². The van der Waals surface area contributed by atoms with Crippen LogP contribution in [0, 0.1) is 0 Å². The summed E-state index contributed by atoms with van der Waals surface area (Å²) in [6, 6.07) is 0. The molecule has 74 valence electrons. The van der Waals surface area contributed by atoms with Gasteiger partial charge in [-0.2, -0.15) is 0 Å². The molecule has 0 heterocycles. The third-order valence-corrected chi connectivity index (χ3v) is 4.96. The Labute approximate surface area is 93.8 Å². The summed E-state index contributed by atoms with van der Waals surface area (Å²) in [6.45, 7) is 4.49. The van der Waals surface area contributed by atoms with E-state index in [-0.39, 0.29) is 0 Å². The normalized spacial score (nSPS) is 16.0. The summed E-state index contributed by atoms with van der Waals surface area (Å²) in [7, 11) is 0. The molecule has 0 saturated carbocycles. The summed E-state index contributed by atoms with van der Waals surface area (Å²) < 4.78 is 0. The fourth-order valence-corrected chi connectivity index (χ4v) is 2.34. The Morgan fingerprint density at radius 2 is 1.17 bits per heavy atom. The monoisotopic (exact) mass is 298 g/mol. The number of hydrogen-bond acceptors (Lipinski definition) is 0. The zero-order valence-electron chi connectivity index (χ0n) is 8.15. The number of halogens is 2. The lowest BCUT2D eigenvalue weighted by atomic mass is 10.1. The van der Waals surface area contributed by atoms with Gasteiger partial charge in [0.05, 0.1) is 0 Å². The van der Waals surface area contributed by atoms with Crippen LogP contribution in [0.4, 0.5) is 0 Å². The number of alkyl halides is 2. The Hall–Kier alpha value is 0.960. The van der Waals surface area contributed by atoms with E-state index in [1.807, 2.05) is 0 Å². The maximum atomic E-state index is 3.73. The van der Waals surface area contributed by atoms with E-state index in [4.69, 9.17) is 0 Å². The molecule has 0 spiro atoms. The SMILES string of the molecule is CCCC[C@@H](Br)[C@@H](Br)CCCC. The van der Waals surface area contributed by atoms with Crippen LogP contribution in [0.2, 0.25) is 0 Å². The molecule has 0 fully saturated rings. The number of unbranched alkanes of at least 4 members (excludes halogenated alkanes) is 2. The van der Waals surface area contributed by atoms with Gasteiger partial charge in [-0.05, 0) is 12.8 Å². The Balaban J connectivity index is 3.39. The molecule has 0 aliphatic carbocycles. The summed E-state index contributed by atoms with van der Waals surface area (Å²) in [6.07, 6.45) is 7.88. The third kappa shape index (κ3) is 6.47. The Kier molecular flexibility index (Phi) is 9.24. The predicted octanol–water partition coefficient (Wildman–Crippen LogP) is 4.89. The Morgan fingerprint density at radius 1 is 0.833 bits per heavy atom. The molecule has 0 bridgehead atoms. The van der Waals surface area contributed by atoms with Crippen molar-refractivity contribution in [2.75, 3.05) is 0 Å². The average Bonchev–Trinajstić information content (AvgIpc) is 2.10. The molecule has 0 N–H and O–H groups in total. The van der Waals surface area contributed by atoms with Crippen LogP contribution in [-0.4, -0.2) is 9.65 Å². The largest absolute Gasteiger partial charge is 0.0879 e. The molecule has 0 aliphatic heterocycles. The van der Waals surface area contributed by atoms with Crippen LogP contribution in [0.3, 0.4) is 0 Å².